The maximum absolute atomic E-state index is 13.5. The topological polar surface area (TPSA) is 16.1 Å². The second-order valence-electron chi connectivity index (χ2n) is 6.33. The standard InChI is InChI=1S/C17H18ClF3N2/c1-10-3-5-23(6-4-10)15-9-14-12(7-11(2)16(18)22-14)8-13(15)17(19,20)21/h7-10H,3-6H2,1-2H3. The van der Waals surface area contributed by atoms with Crippen molar-refractivity contribution in [2.75, 3.05) is 18.0 Å². The lowest BCUT2D eigenvalue weighted by atomic mass is 9.97. The van der Waals surface area contributed by atoms with E-state index in [4.69, 9.17) is 11.6 Å². The second-order valence-corrected chi connectivity index (χ2v) is 6.68. The molecule has 0 aliphatic carbocycles. The Balaban J connectivity index is 2.15. The Hall–Kier alpha value is -1.49. The maximum atomic E-state index is 13.5. The molecule has 0 radical (unpaired) electrons. The number of rotatable bonds is 1. The summed E-state index contributed by atoms with van der Waals surface area (Å²) in [4.78, 5) is 6.06. The lowest BCUT2D eigenvalue weighted by Crippen LogP contribution is -2.34. The molecule has 124 valence electrons. The minimum atomic E-state index is -4.39. The molecular weight excluding hydrogens is 325 g/mol. The quantitative estimate of drug-likeness (QED) is 0.640. The predicted molar refractivity (Wildman–Crippen MR) is 87.1 cm³/mol. The van der Waals surface area contributed by atoms with Gasteiger partial charge < -0.3 is 4.90 Å². The van der Waals surface area contributed by atoms with Gasteiger partial charge in [0.15, 0.2) is 0 Å². The van der Waals surface area contributed by atoms with E-state index in [-0.39, 0.29) is 5.69 Å². The molecule has 1 saturated heterocycles. The van der Waals surface area contributed by atoms with Crippen molar-refractivity contribution >= 4 is 28.2 Å². The van der Waals surface area contributed by atoms with Gasteiger partial charge in [-0.25, -0.2) is 4.98 Å². The van der Waals surface area contributed by atoms with E-state index in [0.29, 0.717) is 40.6 Å². The van der Waals surface area contributed by atoms with Crippen LogP contribution in [0.4, 0.5) is 18.9 Å². The summed E-state index contributed by atoms with van der Waals surface area (Å²) in [6.07, 6.45) is -2.59. The molecule has 0 spiro atoms. The summed E-state index contributed by atoms with van der Waals surface area (Å²) in [5.41, 5.74) is 0.793. The van der Waals surface area contributed by atoms with Crippen LogP contribution in [0.15, 0.2) is 18.2 Å². The molecule has 1 aliphatic heterocycles. The number of hydrogen-bond acceptors (Lipinski definition) is 2. The van der Waals surface area contributed by atoms with E-state index >= 15 is 0 Å². The number of halogens is 4. The first kappa shape index (κ1) is 16.4. The van der Waals surface area contributed by atoms with Crippen LogP contribution >= 0.6 is 11.6 Å². The smallest absolute Gasteiger partial charge is 0.371 e. The Labute approximate surface area is 138 Å². The summed E-state index contributed by atoms with van der Waals surface area (Å²) < 4.78 is 40.5. The predicted octanol–water partition coefficient (Wildman–Crippen LogP) is 5.45. The van der Waals surface area contributed by atoms with Gasteiger partial charge in [-0.05, 0) is 49.4 Å². The molecule has 23 heavy (non-hydrogen) atoms. The fourth-order valence-corrected chi connectivity index (χ4v) is 3.18. The first-order valence-corrected chi connectivity index (χ1v) is 8.06. The van der Waals surface area contributed by atoms with E-state index in [2.05, 4.69) is 11.9 Å². The third kappa shape index (κ3) is 3.25. The summed E-state index contributed by atoms with van der Waals surface area (Å²) in [6, 6.07) is 4.38. The molecule has 3 rings (SSSR count). The van der Waals surface area contributed by atoms with Gasteiger partial charge in [-0.1, -0.05) is 18.5 Å². The number of hydrogen-bond donors (Lipinski definition) is 0. The van der Waals surface area contributed by atoms with Gasteiger partial charge in [-0.15, -0.1) is 0 Å². The van der Waals surface area contributed by atoms with Crippen molar-refractivity contribution in [2.24, 2.45) is 5.92 Å². The summed E-state index contributed by atoms with van der Waals surface area (Å²) in [6.45, 7) is 5.14. The van der Waals surface area contributed by atoms with Crippen LogP contribution in [0.25, 0.3) is 10.9 Å². The Morgan fingerprint density at radius 1 is 1.17 bits per heavy atom. The highest BCUT2D eigenvalue weighted by Gasteiger charge is 2.36. The molecule has 0 unspecified atom stereocenters. The highest BCUT2D eigenvalue weighted by molar-refractivity contribution is 6.30. The summed E-state index contributed by atoms with van der Waals surface area (Å²) in [7, 11) is 0. The highest BCUT2D eigenvalue weighted by Crippen LogP contribution is 2.40. The normalized spacial score (nSPS) is 17.0. The number of aryl methyl sites for hydroxylation is 1. The van der Waals surface area contributed by atoms with Crippen molar-refractivity contribution in [3.8, 4) is 0 Å². The number of piperidine rings is 1. The van der Waals surface area contributed by atoms with E-state index < -0.39 is 11.7 Å². The molecule has 1 aromatic heterocycles. The van der Waals surface area contributed by atoms with E-state index in [1.807, 2.05) is 4.90 Å². The SMILES string of the molecule is Cc1cc2cc(C(F)(F)F)c(N3CCC(C)CC3)cc2nc1Cl. The molecule has 1 fully saturated rings. The van der Waals surface area contributed by atoms with Crippen molar-refractivity contribution in [3.63, 3.8) is 0 Å². The first-order chi connectivity index (χ1) is 10.8. The van der Waals surface area contributed by atoms with Gasteiger partial charge in [0, 0.05) is 18.5 Å². The fraction of sp³-hybridized carbons (Fsp3) is 0.471. The van der Waals surface area contributed by atoms with Gasteiger partial charge in [-0.2, -0.15) is 13.2 Å². The van der Waals surface area contributed by atoms with Crippen molar-refractivity contribution in [1.82, 2.24) is 4.98 Å². The van der Waals surface area contributed by atoms with E-state index in [9.17, 15) is 13.2 Å². The summed E-state index contributed by atoms with van der Waals surface area (Å²) in [5, 5.41) is 0.795. The van der Waals surface area contributed by atoms with Crippen molar-refractivity contribution in [1.29, 1.82) is 0 Å². The summed E-state index contributed by atoms with van der Waals surface area (Å²) in [5.74, 6) is 0.552. The number of benzene rings is 1. The molecule has 0 atom stereocenters. The molecule has 0 bridgehead atoms. The number of nitrogens with zero attached hydrogens (tertiary/aromatic N) is 2. The van der Waals surface area contributed by atoms with Crippen molar-refractivity contribution < 1.29 is 13.2 Å². The van der Waals surface area contributed by atoms with Gasteiger partial charge in [0.05, 0.1) is 16.8 Å². The third-order valence-corrected chi connectivity index (χ3v) is 4.87. The lowest BCUT2D eigenvalue weighted by molar-refractivity contribution is -0.137. The average molecular weight is 343 g/mol. The largest absolute Gasteiger partial charge is 0.418 e. The van der Waals surface area contributed by atoms with Crippen LogP contribution in [0.1, 0.15) is 30.9 Å². The second kappa shape index (κ2) is 5.86. The van der Waals surface area contributed by atoms with E-state index in [0.717, 1.165) is 12.8 Å². The molecule has 0 amide bonds. The number of aromatic nitrogens is 1. The van der Waals surface area contributed by atoms with Crippen LogP contribution in [-0.2, 0) is 6.18 Å². The Morgan fingerprint density at radius 3 is 2.43 bits per heavy atom. The van der Waals surface area contributed by atoms with Crippen LogP contribution in [-0.4, -0.2) is 18.1 Å². The first-order valence-electron chi connectivity index (χ1n) is 7.69. The molecule has 0 saturated carbocycles. The van der Waals surface area contributed by atoms with Gasteiger partial charge in [0.1, 0.15) is 5.15 Å². The van der Waals surface area contributed by atoms with E-state index in [1.54, 1.807) is 13.0 Å². The zero-order valence-electron chi connectivity index (χ0n) is 13.0. The molecule has 6 heteroatoms. The van der Waals surface area contributed by atoms with Gasteiger partial charge in [0.25, 0.3) is 0 Å². The molecule has 0 N–H and O–H groups in total. The minimum Gasteiger partial charge on any atom is -0.371 e. The number of anilines is 1. The zero-order chi connectivity index (χ0) is 16.8. The highest BCUT2D eigenvalue weighted by atomic mass is 35.5. The summed E-state index contributed by atoms with van der Waals surface area (Å²) >= 11 is 6.03. The minimum absolute atomic E-state index is 0.212. The Morgan fingerprint density at radius 2 is 1.83 bits per heavy atom. The monoisotopic (exact) mass is 342 g/mol. The molecule has 2 nitrogen and oxygen atoms in total. The van der Waals surface area contributed by atoms with Gasteiger partial charge in [-0.3, -0.25) is 0 Å². The van der Waals surface area contributed by atoms with Crippen molar-refractivity contribution in [3.05, 3.63) is 34.5 Å². The molecule has 2 aromatic rings. The van der Waals surface area contributed by atoms with Crippen molar-refractivity contribution in [2.45, 2.75) is 32.9 Å². The molecule has 1 aliphatic rings. The van der Waals surface area contributed by atoms with Crippen LogP contribution in [0.5, 0.6) is 0 Å². The number of fused-ring (bicyclic) bond motifs is 1. The van der Waals surface area contributed by atoms with Gasteiger partial charge >= 0.3 is 6.18 Å². The molecule has 1 aromatic carbocycles. The van der Waals surface area contributed by atoms with Crippen LogP contribution in [0, 0.1) is 12.8 Å². The lowest BCUT2D eigenvalue weighted by Gasteiger charge is -2.34. The van der Waals surface area contributed by atoms with Crippen LogP contribution in [0.3, 0.4) is 0 Å². The van der Waals surface area contributed by atoms with Crippen LogP contribution < -0.4 is 4.90 Å². The molecule has 2 heterocycles. The average Bonchev–Trinajstić information content (AvgIpc) is 2.47. The zero-order valence-corrected chi connectivity index (χ0v) is 13.8. The maximum Gasteiger partial charge on any atom is 0.418 e. The van der Waals surface area contributed by atoms with Gasteiger partial charge in [0.2, 0.25) is 0 Å². The van der Waals surface area contributed by atoms with E-state index in [1.165, 1.54) is 12.1 Å². The number of alkyl halides is 3. The Bertz CT molecular complexity index is 735. The third-order valence-electron chi connectivity index (χ3n) is 4.49. The number of pyridine rings is 1. The fourth-order valence-electron chi connectivity index (χ4n) is 3.03. The molecular formula is C17H18ClF3N2. The Kier molecular flexibility index (Phi) is 4.17. The van der Waals surface area contributed by atoms with Crippen LogP contribution in [0.2, 0.25) is 5.15 Å².